The van der Waals surface area contributed by atoms with E-state index in [0.717, 1.165) is 38.4 Å². The molecule has 0 aromatic carbocycles. The molecule has 5 heteroatoms. The van der Waals surface area contributed by atoms with Crippen LogP contribution in [-0.2, 0) is 4.79 Å². The number of rotatable bonds is 8. The largest absolute Gasteiger partial charge is 0.481 e. The molecule has 2 atom stereocenters. The predicted molar refractivity (Wildman–Crippen MR) is 86.9 cm³/mol. The zero-order valence-corrected chi connectivity index (χ0v) is 13.7. The molecule has 1 saturated carbocycles. The second kappa shape index (κ2) is 9.48. The lowest BCUT2D eigenvalue weighted by molar-refractivity contribution is -0.137. The lowest BCUT2D eigenvalue weighted by Crippen LogP contribution is -2.51. The average molecular weight is 312 g/mol. The Morgan fingerprint density at radius 3 is 2.59 bits per heavy atom. The van der Waals surface area contributed by atoms with Crippen LogP contribution in [-0.4, -0.2) is 59.9 Å². The molecule has 2 fully saturated rings. The Bertz CT molecular complexity index is 332. The van der Waals surface area contributed by atoms with Gasteiger partial charge in [0.2, 0.25) is 0 Å². The van der Waals surface area contributed by atoms with E-state index in [1.165, 1.54) is 32.1 Å². The van der Waals surface area contributed by atoms with E-state index in [-0.39, 0.29) is 13.0 Å². The minimum atomic E-state index is -0.703. The third-order valence-corrected chi connectivity index (χ3v) is 5.22. The molecule has 22 heavy (non-hydrogen) atoms. The normalized spacial score (nSPS) is 27.9. The summed E-state index contributed by atoms with van der Waals surface area (Å²) in [6, 6.07) is 0.445. The van der Waals surface area contributed by atoms with Crippen molar-refractivity contribution in [1.29, 1.82) is 0 Å². The number of likely N-dealkylation sites (tertiary alicyclic amines) is 1. The first-order chi connectivity index (χ1) is 10.7. The van der Waals surface area contributed by atoms with Crippen molar-refractivity contribution in [2.75, 3.05) is 32.8 Å². The second-order valence-corrected chi connectivity index (χ2v) is 7.13. The number of nitrogens with one attached hydrogen (secondary N) is 1. The average Bonchev–Trinajstić information content (AvgIpc) is 2.52. The van der Waals surface area contributed by atoms with Gasteiger partial charge in [-0.05, 0) is 44.1 Å². The Morgan fingerprint density at radius 1 is 1.14 bits per heavy atom. The van der Waals surface area contributed by atoms with Gasteiger partial charge in [-0.3, -0.25) is 9.69 Å². The quantitative estimate of drug-likeness (QED) is 0.636. The van der Waals surface area contributed by atoms with Crippen molar-refractivity contribution in [3.8, 4) is 0 Å². The molecule has 0 aromatic rings. The van der Waals surface area contributed by atoms with Crippen molar-refractivity contribution >= 4 is 5.97 Å². The summed E-state index contributed by atoms with van der Waals surface area (Å²) in [5.41, 5.74) is 0. The number of carboxylic acid groups (broad SMARTS) is 1. The zero-order valence-electron chi connectivity index (χ0n) is 13.7. The van der Waals surface area contributed by atoms with Gasteiger partial charge in [-0.2, -0.15) is 0 Å². The van der Waals surface area contributed by atoms with Crippen LogP contribution in [0.3, 0.4) is 0 Å². The highest BCUT2D eigenvalue weighted by atomic mass is 16.4. The van der Waals surface area contributed by atoms with Crippen LogP contribution in [0.4, 0.5) is 0 Å². The number of aliphatic hydroxyl groups excluding tert-OH is 1. The van der Waals surface area contributed by atoms with E-state index in [0.29, 0.717) is 18.5 Å². The minimum Gasteiger partial charge on any atom is -0.481 e. The fraction of sp³-hybridized carbons (Fsp3) is 0.941. The fourth-order valence-corrected chi connectivity index (χ4v) is 4.04. The van der Waals surface area contributed by atoms with E-state index in [2.05, 4.69) is 10.2 Å². The maximum Gasteiger partial charge on any atom is 0.303 e. The lowest BCUT2D eigenvalue weighted by atomic mass is 9.87. The summed E-state index contributed by atoms with van der Waals surface area (Å²) in [5.74, 6) is 0.547. The molecular weight excluding hydrogens is 280 g/mol. The van der Waals surface area contributed by atoms with Gasteiger partial charge in [0, 0.05) is 32.1 Å². The number of nitrogens with zero attached hydrogens (tertiary/aromatic N) is 1. The van der Waals surface area contributed by atoms with Crippen LogP contribution in [0.5, 0.6) is 0 Å². The first-order valence-electron chi connectivity index (χ1n) is 8.95. The second-order valence-electron chi connectivity index (χ2n) is 7.13. The molecule has 3 N–H and O–H groups in total. The van der Waals surface area contributed by atoms with Gasteiger partial charge in [-0.15, -0.1) is 0 Å². The first-order valence-corrected chi connectivity index (χ1v) is 8.95. The van der Waals surface area contributed by atoms with Gasteiger partial charge in [0.05, 0.1) is 6.61 Å². The van der Waals surface area contributed by atoms with Crippen molar-refractivity contribution in [1.82, 2.24) is 10.2 Å². The first kappa shape index (κ1) is 17.7. The predicted octanol–water partition coefficient (Wildman–Crippen LogP) is 1.70. The molecule has 128 valence electrons. The lowest BCUT2D eigenvalue weighted by Gasteiger charge is -2.38. The van der Waals surface area contributed by atoms with Gasteiger partial charge in [0.25, 0.3) is 0 Å². The standard InChI is InChI=1S/C17H32N2O3/c20-9-8-19-12-15(6-7-17(21)22)10-16(13-19)18-11-14-4-2-1-3-5-14/h14-16,18,20H,1-13H2,(H,21,22). The Labute approximate surface area is 134 Å². The van der Waals surface area contributed by atoms with Crippen LogP contribution in [0, 0.1) is 11.8 Å². The van der Waals surface area contributed by atoms with Crippen molar-refractivity contribution in [3.63, 3.8) is 0 Å². The molecule has 0 aromatic heterocycles. The van der Waals surface area contributed by atoms with Crippen LogP contribution >= 0.6 is 0 Å². The van der Waals surface area contributed by atoms with Crippen molar-refractivity contribution in [2.45, 2.75) is 57.4 Å². The molecule has 0 spiro atoms. The van der Waals surface area contributed by atoms with Crippen LogP contribution in [0.1, 0.15) is 51.4 Å². The third-order valence-electron chi connectivity index (χ3n) is 5.22. The van der Waals surface area contributed by atoms with Crippen molar-refractivity contribution in [2.24, 2.45) is 11.8 Å². The molecule has 0 amide bonds. The van der Waals surface area contributed by atoms with E-state index in [1.807, 2.05) is 0 Å². The number of hydrogen-bond donors (Lipinski definition) is 3. The van der Waals surface area contributed by atoms with Gasteiger partial charge in [-0.1, -0.05) is 19.3 Å². The van der Waals surface area contributed by atoms with Crippen LogP contribution in [0.25, 0.3) is 0 Å². The number of hydrogen-bond acceptors (Lipinski definition) is 4. The SMILES string of the molecule is O=C(O)CCC1CC(NCC2CCCCC2)CN(CCO)C1. The summed E-state index contributed by atoms with van der Waals surface area (Å²) >= 11 is 0. The highest BCUT2D eigenvalue weighted by Crippen LogP contribution is 2.25. The highest BCUT2D eigenvalue weighted by molar-refractivity contribution is 5.66. The van der Waals surface area contributed by atoms with Gasteiger partial charge >= 0.3 is 5.97 Å². The number of piperidine rings is 1. The minimum absolute atomic E-state index is 0.182. The third kappa shape index (κ3) is 6.23. The molecule has 2 aliphatic rings. The molecule has 0 bridgehead atoms. The maximum absolute atomic E-state index is 10.8. The van der Waals surface area contributed by atoms with E-state index < -0.39 is 5.97 Å². The van der Waals surface area contributed by atoms with Gasteiger partial charge in [-0.25, -0.2) is 0 Å². The molecule has 1 aliphatic carbocycles. The molecule has 0 radical (unpaired) electrons. The van der Waals surface area contributed by atoms with Crippen LogP contribution in [0.15, 0.2) is 0 Å². The topological polar surface area (TPSA) is 72.8 Å². The molecule has 1 saturated heterocycles. The van der Waals surface area contributed by atoms with Crippen molar-refractivity contribution < 1.29 is 15.0 Å². The molecule has 1 heterocycles. The smallest absolute Gasteiger partial charge is 0.303 e. The Morgan fingerprint density at radius 2 is 1.91 bits per heavy atom. The Kier molecular flexibility index (Phi) is 7.63. The van der Waals surface area contributed by atoms with E-state index in [1.54, 1.807) is 0 Å². The summed E-state index contributed by atoms with van der Waals surface area (Å²) in [7, 11) is 0. The highest BCUT2D eigenvalue weighted by Gasteiger charge is 2.27. The molecule has 1 aliphatic heterocycles. The maximum atomic E-state index is 10.8. The monoisotopic (exact) mass is 312 g/mol. The number of carboxylic acids is 1. The van der Waals surface area contributed by atoms with Crippen molar-refractivity contribution in [3.05, 3.63) is 0 Å². The van der Waals surface area contributed by atoms with E-state index in [9.17, 15) is 9.90 Å². The van der Waals surface area contributed by atoms with Gasteiger partial charge in [0.15, 0.2) is 0 Å². The number of β-amino-alcohol motifs (C(OH)–C–C–N with tert-alkyl or cyclic N) is 1. The molecule has 5 nitrogen and oxygen atoms in total. The Balaban J connectivity index is 1.78. The zero-order chi connectivity index (χ0) is 15.8. The molecular formula is C17H32N2O3. The summed E-state index contributed by atoms with van der Waals surface area (Å²) in [4.78, 5) is 13.1. The Hall–Kier alpha value is -0.650. The van der Waals surface area contributed by atoms with Crippen LogP contribution in [0.2, 0.25) is 0 Å². The summed E-state index contributed by atoms with van der Waals surface area (Å²) in [5, 5.41) is 21.8. The van der Waals surface area contributed by atoms with Gasteiger partial charge < -0.3 is 15.5 Å². The summed E-state index contributed by atoms with van der Waals surface area (Å²) in [6.45, 7) is 3.89. The summed E-state index contributed by atoms with van der Waals surface area (Å²) in [6.07, 6.45) is 8.91. The molecule has 2 rings (SSSR count). The number of aliphatic carboxylic acids is 1. The summed E-state index contributed by atoms with van der Waals surface area (Å²) < 4.78 is 0. The van der Waals surface area contributed by atoms with E-state index >= 15 is 0 Å². The molecule has 2 unspecified atom stereocenters. The fourth-order valence-electron chi connectivity index (χ4n) is 4.04. The number of aliphatic hydroxyl groups is 1. The van der Waals surface area contributed by atoms with Gasteiger partial charge in [0.1, 0.15) is 0 Å². The van der Waals surface area contributed by atoms with E-state index in [4.69, 9.17) is 5.11 Å². The number of carbonyl (C=O) groups is 1. The van der Waals surface area contributed by atoms with Crippen LogP contribution < -0.4 is 5.32 Å².